The van der Waals surface area contributed by atoms with Crippen molar-refractivity contribution in [2.45, 2.75) is 30.6 Å². The van der Waals surface area contributed by atoms with E-state index in [1.807, 2.05) is 0 Å². The monoisotopic (exact) mass is 367 g/mol. The molecule has 2 aromatic rings. The Hall–Kier alpha value is -2.50. The number of hydrogen-bond acceptors (Lipinski definition) is 9. The molecule has 1 fully saturated rings. The van der Waals surface area contributed by atoms with E-state index in [4.69, 9.17) is 14.3 Å². The molecular formula is C16H17NO9. The third-order valence-corrected chi connectivity index (χ3v) is 4.16. The van der Waals surface area contributed by atoms with E-state index < -0.39 is 54.3 Å². The van der Waals surface area contributed by atoms with Gasteiger partial charge >= 0.3 is 5.63 Å². The minimum atomic E-state index is -1.71. The second-order valence-corrected chi connectivity index (χ2v) is 5.90. The lowest BCUT2D eigenvalue weighted by molar-refractivity contribution is -0.252. The minimum absolute atomic E-state index is 0.0776. The van der Waals surface area contributed by atoms with Crippen LogP contribution in [0.15, 0.2) is 33.5 Å². The number of ether oxygens (including phenoxy) is 1. The molecule has 1 aliphatic rings. The van der Waals surface area contributed by atoms with Gasteiger partial charge in [0.25, 0.3) is 5.91 Å². The Bertz CT molecular complexity index is 880. The van der Waals surface area contributed by atoms with Crippen molar-refractivity contribution in [1.82, 2.24) is 5.32 Å². The van der Waals surface area contributed by atoms with E-state index in [1.54, 1.807) is 0 Å². The SMILES string of the molecule is O=C(NC1C(O)[C@H](O)C(CO)O[C@H]1O)c1cc2ccc(O)cc2oc1=O. The van der Waals surface area contributed by atoms with Crippen LogP contribution in [0, 0.1) is 0 Å². The fourth-order valence-electron chi connectivity index (χ4n) is 2.74. The Kier molecular flexibility index (Phi) is 4.94. The van der Waals surface area contributed by atoms with Crippen LogP contribution >= 0.6 is 0 Å². The molecule has 0 radical (unpaired) electrons. The van der Waals surface area contributed by atoms with Crippen molar-refractivity contribution in [2.24, 2.45) is 0 Å². The summed E-state index contributed by atoms with van der Waals surface area (Å²) in [7, 11) is 0. The summed E-state index contributed by atoms with van der Waals surface area (Å²) in [6, 6.07) is 3.79. The van der Waals surface area contributed by atoms with Crippen molar-refractivity contribution in [3.8, 4) is 5.75 Å². The second-order valence-electron chi connectivity index (χ2n) is 5.90. The number of benzene rings is 1. The zero-order chi connectivity index (χ0) is 19.0. The predicted octanol–water partition coefficient (Wildman–Crippen LogP) is -1.97. The van der Waals surface area contributed by atoms with Gasteiger partial charge in [0.05, 0.1) is 6.61 Å². The number of phenolic OH excluding ortho intramolecular Hbond substituents is 1. The number of aromatic hydroxyl groups is 1. The highest BCUT2D eigenvalue weighted by atomic mass is 16.6. The second kappa shape index (κ2) is 7.02. The molecule has 3 unspecified atom stereocenters. The first-order chi connectivity index (χ1) is 12.3. The summed E-state index contributed by atoms with van der Waals surface area (Å²) in [4.78, 5) is 24.4. The van der Waals surface area contributed by atoms with Crippen LogP contribution in [0.25, 0.3) is 11.0 Å². The van der Waals surface area contributed by atoms with Crippen LogP contribution in [0.1, 0.15) is 10.4 Å². The summed E-state index contributed by atoms with van der Waals surface area (Å²) in [5, 5.41) is 50.7. The fourth-order valence-corrected chi connectivity index (χ4v) is 2.74. The van der Waals surface area contributed by atoms with E-state index in [-0.39, 0.29) is 11.3 Å². The quantitative estimate of drug-likeness (QED) is 0.337. The first kappa shape index (κ1) is 18.3. The highest BCUT2D eigenvalue weighted by Gasteiger charge is 2.44. The van der Waals surface area contributed by atoms with Gasteiger partial charge in [-0.3, -0.25) is 4.79 Å². The van der Waals surface area contributed by atoms with Gasteiger partial charge in [-0.1, -0.05) is 0 Å². The molecule has 1 amide bonds. The van der Waals surface area contributed by atoms with Gasteiger partial charge in [0.1, 0.15) is 41.2 Å². The van der Waals surface area contributed by atoms with E-state index in [0.29, 0.717) is 5.39 Å². The van der Waals surface area contributed by atoms with Gasteiger partial charge in [-0.2, -0.15) is 0 Å². The number of amides is 1. The Morgan fingerprint density at radius 3 is 2.58 bits per heavy atom. The Balaban J connectivity index is 1.86. The van der Waals surface area contributed by atoms with Crippen molar-refractivity contribution < 1.29 is 39.5 Å². The van der Waals surface area contributed by atoms with E-state index in [0.717, 1.165) is 0 Å². The average molecular weight is 367 g/mol. The Morgan fingerprint density at radius 2 is 1.88 bits per heavy atom. The molecule has 1 aromatic heterocycles. The molecule has 0 aliphatic carbocycles. The zero-order valence-corrected chi connectivity index (χ0v) is 13.3. The largest absolute Gasteiger partial charge is 0.508 e. The van der Waals surface area contributed by atoms with Gasteiger partial charge in [0, 0.05) is 11.5 Å². The maximum absolute atomic E-state index is 12.4. The number of phenols is 1. The van der Waals surface area contributed by atoms with Crippen molar-refractivity contribution in [3.05, 3.63) is 40.2 Å². The van der Waals surface area contributed by atoms with E-state index >= 15 is 0 Å². The summed E-state index contributed by atoms with van der Waals surface area (Å²) in [6.07, 6.45) is -6.11. The number of aliphatic hydroxyl groups excluding tert-OH is 4. The van der Waals surface area contributed by atoms with E-state index in [1.165, 1.54) is 24.3 Å². The molecule has 0 spiro atoms. The average Bonchev–Trinajstić information content (AvgIpc) is 2.60. The first-order valence-corrected chi connectivity index (χ1v) is 7.70. The highest BCUT2D eigenvalue weighted by Crippen LogP contribution is 2.21. The third kappa shape index (κ3) is 3.28. The lowest BCUT2D eigenvalue weighted by Crippen LogP contribution is -2.64. The summed E-state index contributed by atoms with van der Waals surface area (Å²) >= 11 is 0. The van der Waals surface area contributed by atoms with Gasteiger partial charge in [-0.05, 0) is 18.2 Å². The minimum Gasteiger partial charge on any atom is -0.508 e. The highest BCUT2D eigenvalue weighted by molar-refractivity contribution is 5.97. The lowest BCUT2D eigenvalue weighted by Gasteiger charge is -2.40. The molecule has 140 valence electrons. The van der Waals surface area contributed by atoms with Crippen LogP contribution in [-0.4, -0.2) is 68.7 Å². The molecule has 1 saturated heterocycles. The molecule has 0 bridgehead atoms. The number of carbonyl (C=O) groups excluding carboxylic acids is 1. The normalized spacial score (nSPS) is 28.8. The standard InChI is InChI=1S/C16H17NO9/c18-5-10-12(20)13(21)11(16(24)26-10)17-14(22)8-3-6-1-2-7(19)4-9(6)25-15(8)23/h1-4,10-13,16,18-21,24H,5H2,(H,17,22)/t10?,11?,12-,13?,16-/m1/s1. The third-order valence-electron chi connectivity index (χ3n) is 4.16. The number of hydrogen-bond donors (Lipinski definition) is 6. The summed E-state index contributed by atoms with van der Waals surface area (Å²) < 4.78 is 9.91. The molecule has 1 aliphatic heterocycles. The van der Waals surface area contributed by atoms with Crippen molar-refractivity contribution in [2.75, 3.05) is 6.61 Å². The van der Waals surface area contributed by atoms with Crippen LogP contribution in [-0.2, 0) is 4.74 Å². The number of nitrogens with one attached hydrogen (secondary N) is 1. The molecule has 10 nitrogen and oxygen atoms in total. The first-order valence-electron chi connectivity index (χ1n) is 7.70. The molecule has 3 rings (SSSR count). The summed E-state index contributed by atoms with van der Waals surface area (Å²) in [5.41, 5.74) is -1.31. The van der Waals surface area contributed by atoms with Crippen LogP contribution in [0.3, 0.4) is 0 Å². The smallest absolute Gasteiger partial charge is 0.349 e. The topological polar surface area (TPSA) is 170 Å². The molecule has 1 aromatic carbocycles. The van der Waals surface area contributed by atoms with Gasteiger partial charge in [0.15, 0.2) is 6.29 Å². The van der Waals surface area contributed by atoms with Gasteiger partial charge in [0.2, 0.25) is 0 Å². The maximum atomic E-state index is 12.4. The van der Waals surface area contributed by atoms with Crippen LogP contribution in [0.2, 0.25) is 0 Å². The zero-order valence-electron chi connectivity index (χ0n) is 13.3. The molecule has 6 N–H and O–H groups in total. The Labute approximate surface area is 145 Å². The van der Waals surface area contributed by atoms with Crippen molar-refractivity contribution in [3.63, 3.8) is 0 Å². The van der Waals surface area contributed by atoms with Crippen LogP contribution < -0.4 is 10.9 Å². The van der Waals surface area contributed by atoms with Crippen molar-refractivity contribution >= 4 is 16.9 Å². The Morgan fingerprint density at radius 1 is 1.15 bits per heavy atom. The van der Waals surface area contributed by atoms with Crippen LogP contribution in [0.4, 0.5) is 0 Å². The predicted molar refractivity (Wildman–Crippen MR) is 85.4 cm³/mol. The molecule has 5 atom stereocenters. The van der Waals surface area contributed by atoms with Crippen molar-refractivity contribution in [1.29, 1.82) is 0 Å². The van der Waals surface area contributed by atoms with Crippen LogP contribution in [0.5, 0.6) is 5.75 Å². The molecule has 2 heterocycles. The summed E-state index contributed by atoms with van der Waals surface area (Å²) in [5.74, 6) is -1.08. The number of rotatable bonds is 3. The maximum Gasteiger partial charge on any atom is 0.349 e. The molecule has 26 heavy (non-hydrogen) atoms. The molecule has 0 saturated carbocycles. The van der Waals surface area contributed by atoms with Gasteiger partial charge in [-0.25, -0.2) is 4.79 Å². The fraction of sp³-hybridized carbons (Fsp3) is 0.375. The molecule has 10 heteroatoms. The van der Waals surface area contributed by atoms with Gasteiger partial charge < -0.3 is 40.0 Å². The van der Waals surface area contributed by atoms with Gasteiger partial charge in [-0.15, -0.1) is 0 Å². The van der Waals surface area contributed by atoms with E-state index in [2.05, 4.69) is 5.32 Å². The lowest BCUT2D eigenvalue weighted by atomic mass is 9.97. The number of aliphatic hydroxyl groups is 4. The molecular weight excluding hydrogens is 350 g/mol. The van der Waals surface area contributed by atoms with E-state index in [9.17, 15) is 30.0 Å². The summed E-state index contributed by atoms with van der Waals surface area (Å²) in [6.45, 7) is -0.642. The number of fused-ring (bicyclic) bond motifs is 1. The number of carbonyl (C=O) groups is 1.